The van der Waals surface area contributed by atoms with E-state index in [1.54, 1.807) is 6.92 Å². The molecular formula is C5H12O2. The first kappa shape index (κ1) is 6.92. The minimum absolute atomic E-state index is 0. The molecule has 44 valence electrons. The molecule has 7 heavy (non-hydrogen) atoms. The van der Waals surface area contributed by atoms with Crippen LogP contribution in [0.25, 0.3) is 0 Å². The molecule has 1 N–H and O–H groups in total. The summed E-state index contributed by atoms with van der Waals surface area (Å²) in [5.41, 5.74) is -0.500. The van der Waals surface area contributed by atoms with Crippen LogP contribution in [0.3, 0.4) is 0 Å². The van der Waals surface area contributed by atoms with Crippen LogP contribution in [0.5, 0.6) is 0 Å². The van der Waals surface area contributed by atoms with Crippen molar-refractivity contribution in [1.29, 1.82) is 0 Å². The molecule has 1 heterocycles. The molecule has 0 bridgehead atoms. The van der Waals surface area contributed by atoms with E-state index in [0.29, 0.717) is 13.2 Å². The topological polar surface area (TPSA) is 29.5 Å². The van der Waals surface area contributed by atoms with Crippen LogP contribution in [0.2, 0.25) is 0 Å². The number of ether oxygens (including phenoxy) is 1. The van der Waals surface area contributed by atoms with E-state index >= 15 is 0 Å². The third kappa shape index (κ3) is 1.45. The second kappa shape index (κ2) is 1.80. The zero-order chi connectivity index (χ0) is 4.62. The summed E-state index contributed by atoms with van der Waals surface area (Å²) in [5, 5.41) is 8.79. The summed E-state index contributed by atoms with van der Waals surface area (Å²) in [7, 11) is 0. The van der Waals surface area contributed by atoms with E-state index in [1.165, 1.54) is 0 Å². The Morgan fingerprint density at radius 2 is 1.86 bits per heavy atom. The van der Waals surface area contributed by atoms with Gasteiger partial charge in [-0.15, -0.1) is 0 Å². The van der Waals surface area contributed by atoms with Gasteiger partial charge in [0, 0.05) is 0 Å². The van der Waals surface area contributed by atoms with Crippen molar-refractivity contribution in [2.45, 2.75) is 20.0 Å². The van der Waals surface area contributed by atoms with Crippen LogP contribution < -0.4 is 0 Å². The molecule has 0 aromatic heterocycles. The molecule has 2 heteroatoms. The largest absolute Gasteiger partial charge is 0.385 e. The highest BCUT2D eigenvalue weighted by molar-refractivity contribution is 4.78. The number of hydrogen-bond acceptors (Lipinski definition) is 2. The molecule has 0 aromatic carbocycles. The Hall–Kier alpha value is -0.0800. The van der Waals surface area contributed by atoms with Gasteiger partial charge in [-0.1, -0.05) is 7.43 Å². The third-order valence-electron chi connectivity index (χ3n) is 0.826. The van der Waals surface area contributed by atoms with E-state index < -0.39 is 5.60 Å². The molecule has 0 amide bonds. The van der Waals surface area contributed by atoms with E-state index in [2.05, 4.69) is 4.74 Å². The van der Waals surface area contributed by atoms with Crippen LogP contribution in [0, 0.1) is 0 Å². The molecule has 2 nitrogen and oxygen atoms in total. The monoisotopic (exact) mass is 104 g/mol. The van der Waals surface area contributed by atoms with Gasteiger partial charge in [0.1, 0.15) is 5.60 Å². The van der Waals surface area contributed by atoms with E-state index in [9.17, 15) is 0 Å². The van der Waals surface area contributed by atoms with E-state index in [4.69, 9.17) is 5.11 Å². The SMILES string of the molecule is C.CC1(O)COC1. The molecule has 1 aliphatic rings. The van der Waals surface area contributed by atoms with Gasteiger partial charge in [-0.2, -0.15) is 0 Å². The minimum atomic E-state index is -0.500. The van der Waals surface area contributed by atoms with Crippen LogP contribution in [-0.4, -0.2) is 23.9 Å². The summed E-state index contributed by atoms with van der Waals surface area (Å²) in [6.07, 6.45) is 0. The van der Waals surface area contributed by atoms with Gasteiger partial charge in [0.05, 0.1) is 13.2 Å². The molecule has 1 saturated heterocycles. The standard InChI is InChI=1S/C4H8O2.CH4/c1-4(5)2-6-3-4;/h5H,2-3H2,1H3;1H4. The van der Waals surface area contributed by atoms with Crippen molar-refractivity contribution in [1.82, 2.24) is 0 Å². The Kier molecular flexibility index (Phi) is 1.78. The molecule has 1 aliphatic heterocycles. The second-order valence-electron chi connectivity index (χ2n) is 1.99. The Bertz CT molecular complexity index is 53.1. The molecule has 0 spiro atoms. The van der Waals surface area contributed by atoms with Crippen molar-refractivity contribution in [2.24, 2.45) is 0 Å². The highest BCUT2D eigenvalue weighted by Gasteiger charge is 2.29. The molecule has 0 unspecified atom stereocenters. The Labute approximate surface area is 44.1 Å². The maximum absolute atomic E-state index is 8.79. The molecule has 0 radical (unpaired) electrons. The lowest BCUT2D eigenvalue weighted by Crippen LogP contribution is -2.46. The maximum Gasteiger partial charge on any atom is 0.108 e. The molecule has 0 atom stereocenters. The average Bonchev–Trinajstić information content (AvgIpc) is 1.32. The normalized spacial score (nSPS) is 24.9. The highest BCUT2D eigenvalue weighted by Crippen LogP contribution is 2.13. The lowest BCUT2D eigenvalue weighted by Gasteiger charge is -2.31. The third-order valence-corrected chi connectivity index (χ3v) is 0.826. The fraction of sp³-hybridized carbons (Fsp3) is 1.00. The van der Waals surface area contributed by atoms with Crippen molar-refractivity contribution in [2.75, 3.05) is 13.2 Å². The average molecular weight is 104 g/mol. The summed E-state index contributed by atoms with van der Waals surface area (Å²) < 4.78 is 4.69. The summed E-state index contributed by atoms with van der Waals surface area (Å²) >= 11 is 0. The van der Waals surface area contributed by atoms with Crippen molar-refractivity contribution in [3.8, 4) is 0 Å². The Morgan fingerprint density at radius 3 is 1.86 bits per heavy atom. The van der Waals surface area contributed by atoms with Crippen molar-refractivity contribution >= 4 is 0 Å². The summed E-state index contributed by atoms with van der Waals surface area (Å²) in [4.78, 5) is 0. The highest BCUT2D eigenvalue weighted by atomic mass is 16.5. The molecule has 0 saturated carbocycles. The zero-order valence-corrected chi connectivity index (χ0v) is 3.77. The zero-order valence-electron chi connectivity index (χ0n) is 3.77. The van der Waals surface area contributed by atoms with E-state index in [1.807, 2.05) is 0 Å². The van der Waals surface area contributed by atoms with E-state index in [0.717, 1.165) is 0 Å². The minimum Gasteiger partial charge on any atom is -0.385 e. The lowest BCUT2D eigenvalue weighted by atomic mass is 10.1. The van der Waals surface area contributed by atoms with Crippen LogP contribution in [0.1, 0.15) is 14.4 Å². The van der Waals surface area contributed by atoms with Crippen molar-refractivity contribution in [3.63, 3.8) is 0 Å². The van der Waals surface area contributed by atoms with Gasteiger partial charge >= 0.3 is 0 Å². The second-order valence-corrected chi connectivity index (χ2v) is 1.99. The molecule has 0 aliphatic carbocycles. The molecule has 0 aromatic rings. The van der Waals surface area contributed by atoms with Gasteiger partial charge in [0.25, 0.3) is 0 Å². The molecule has 1 rings (SSSR count). The van der Waals surface area contributed by atoms with Crippen molar-refractivity contribution < 1.29 is 9.84 Å². The van der Waals surface area contributed by atoms with Gasteiger partial charge < -0.3 is 9.84 Å². The van der Waals surface area contributed by atoms with Gasteiger partial charge in [0.15, 0.2) is 0 Å². The summed E-state index contributed by atoms with van der Waals surface area (Å²) in [6.45, 7) is 2.77. The first-order valence-electron chi connectivity index (χ1n) is 2.01. The van der Waals surface area contributed by atoms with Gasteiger partial charge in [-0.3, -0.25) is 0 Å². The Morgan fingerprint density at radius 1 is 1.57 bits per heavy atom. The van der Waals surface area contributed by atoms with Crippen LogP contribution in [-0.2, 0) is 4.74 Å². The molecular weight excluding hydrogens is 92.1 g/mol. The fourth-order valence-electron chi connectivity index (χ4n) is 0.397. The van der Waals surface area contributed by atoms with E-state index in [-0.39, 0.29) is 7.43 Å². The maximum atomic E-state index is 8.79. The van der Waals surface area contributed by atoms with Gasteiger partial charge in [-0.05, 0) is 6.92 Å². The smallest absolute Gasteiger partial charge is 0.108 e. The number of hydrogen-bond donors (Lipinski definition) is 1. The molecule has 1 fully saturated rings. The van der Waals surface area contributed by atoms with Crippen LogP contribution in [0.4, 0.5) is 0 Å². The summed E-state index contributed by atoms with van der Waals surface area (Å²) in [6, 6.07) is 0. The Balaban J connectivity index is 0.000000360. The number of aliphatic hydroxyl groups is 1. The predicted molar refractivity (Wildman–Crippen MR) is 28.2 cm³/mol. The first-order chi connectivity index (χ1) is 2.71. The predicted octanol–water partition coefficient (Wildman–Crippen LogP) is 0.404. The van der Waals surface area contributed by atoms with Crippen LogP contribution >= 0.6 is 0 Å². The van der Waals surface area contributed by atoms with Gasteiger partial charge in [-0.25, -0.2) is 0 Å². The quantitative estimate of drug-likeness (QED) is 0.482. The first-order valence-corrected chi connectivity index (χ1v) is 2.01. The number of rotatable bonds is 0. The summed E-state index contributed by atoms with van der Waals surface area (Å²) in [5.74, 6) is 0. The fourth-order valence-corrected chi connectivity index (χ4v) is 0.397. The van der Waals surface area contributed by atoms with Crippen LogP contribution in [0.15, 0.2) is 0 Å². The lowest BCUT2D eigenvalue weighted by molar-refractivity contribution is -0.166. The van der Waals surface area contributed by atoms with Gasteiger partial charge in [0.2, 0.25) is 0 Å². The van der Waals surface area contributed by atoms with Crippen molar-refractivity contribution in [3.05, 3.63) is 0 Å².